The maximum absolute atomic E-state index is 12.3. The quantitative estimate of drug-likeness (QED) is 0.740. The number of carbonyl (C=O) groups excluding carboxylic acids is 1. The molecule has 3 rings (SSSR count). The fourth-order valence-electron chi connectivity index (χ4n) is 2.35. The summed E-state index contributed by atoms with van der Waals surface area (Å²) in [5.41, 5.74) is 2.13. The zero-order chi connectivity index (χ0) is 18.4. The molecular formula is C20H20N4O2. The molecule has 0 unspecified atom stereocenters. The normalized spacial score (nSPS) is 10.6. The van der Waals surface area contributed by atoms with Crippen LogP contribution in [0, 0.1) is 0 Å². The van der Waals surface area contributed by atoms with Crippen molar-refractivity contribution in [2.24, 2.45) is 0 Å². The highest BCUT2D eigenvalue weighted by molar-refractivity contribution is 5.93. The van der Waals surface area contributed by atoms with Crippen molar-refractivity contribution in [3.05, 3.63) is 72.2 Å². The number of carbonyl (C=O) groups is 1. The van der Waals surface area contributed by atoms with Crippen molar-refractivity contribution in [1.29, 1.82) is 0 Å². The van der Waals surface area contributed by atoms with Crippen LogP contribution in [0.25, 0.3) is 11.4 Å². The fourth-order valence-corrected chi connectivity index (χ4v) is 2.35. The number of ether oxygens (including phenoxy) is 1. The summed E-state index contributed by atoms with van der Waals surface area (Å²) >= 11 is 0. The molecule has 3 aromatic rings. The number of amides is 1. The Kier molecular flexibility index (Phi) is 5.53. The van der Waals surface area contributed by atoms with E-state index in [0.29, 0.717) is 23.8 Å². The Morgan fingerprint density at radius 3 is 2.46 bits per heavy atom. The Balaban J connectivity index is 1.66. The van der Waals surface area contributed by atoms with Crippen LogP contribution in [-0.2, 0) is 6.54 Å². The largest absolute Gasteiger partial charge is 0.475 e. The number of benzene rings is 1. The van der Waals surface area contributed by atoms with Crippen molar-refractivity contribution < 1.29 is 9.53 Å². The molecule has 0 saturated heterocycles. The number of pyridine rings is 1. The summed E-state index contributed by atoms with van der Waals surface area (Å²) in [4.78, 5) is 25.1. The van der Waals surface area contributed by atoms with Gasteiger partial charge in [0, 0.05) is 36.3 Å². The van der Waals surface area contributed by atoms with E-state index < -0.39 is 0 Å². The molecule has 2 aromatic heterocycles. The Bertz CT molecular complexity index is 864. The van der Waals surface area contributed by atoms with Crippen LogP contribution in [0.5, 0.6) is 5.88 Å². The van der Waals surface area contributed by atoms with Crippen LogP contribution in [0.1, 0.15) is 29.8 Å². The van der Waals surface area contributed by atoms with E-state index in [2.05, 4.69) is 20.3 Å². The van der Waals surface area contributed by atoms with Crippen LogP contribution < -0.4 is 10.1 Å². The molecule has 0 saturated carbocycles. The van der Waals surface area contributed by atoms with Crippen LogP contribution in [-0.4, -0.2) is 27.0 Å². The molecule has 1 N–H and O–H groups in total. The molecule has 0 aliphatic rings. The van der Waals surface area contributed by atoms with Gasteiger partial charge in [0.15, 0.2) is 5.82 Å². The summed E-state index contributed by atoms with van der Waals surface area (Å²) in [5, 5.41) is 2.85. The van der Waals surface area contributed by atoms with Crippen molar-refractivity contribution in [1.82, 2.24) is 20.3 Å². The predicted molar refractivity (Wildman–Crippen MR) is 98.6 cm³/mol. The maximum atomic E-state index is 12.3. The van der Waals surface area contributed by atoms with E-state index >= 15 is 0 Å². The first-order valence-corrected chi connectivity index (χ1v) is 8.39. The van der Waals surface area contributed by atoms with Crippen molar-refractivity contribution in [3.8, 4) is 17.3 Å². The first kappa shape index (κ1) is 17.5. The molecule has 26 heavy (non-hydrogen) atoms. The summed E-state index contributed by atoms with van der Waals surface area (Å²) in [5.74, 6) is 0.865. The van der Waals surface area contributed by atoms with Gasteiger partial charge in [-0.2, -0.15) is 0 Å². The summed E-state index contributed by atoms with van der Waals surface area (Å²) < 4.78 is 5.66. The second kappa shape index (κ2) is 8.20. The lowest BCUT2D eigenvalue weighted by molar-refractivity contribution is 0.0949. The van der Waals surface area contributed by atoms with Crippen LogP contribution in [0.3, 0.4) is 0 Å². The number of nitrogens with zero attached hydrogens (tertiary/aromatic N) is 3. The minimum atomic E-state index is -0.246. The molecule has 6 nitrogen and oxygen atoms in total. The van der Waals surface area contributed by atoms with Crippen molar-refractivity contribution in [2.75, 3.05) is 0 Å². The minimum Gasteiger partial charge on any atom is -0.475 e. The van der Waals surface area contributed by atoms with E-state index in [1.807, 2.05) is 56.3 Å². The number of nitrogens with one attached hydrogen (secondary N) is 1. The van der Waals surface area contributed by atoms with E-state index in [4.69, 9.17) is 4.74 Å². The molecule has 6 heteroatoms. The van der Waals surface area contributed by atoms with Gasteiger partial charge in [0.1, 0.15) is 0 Å². The van der Waals surface area contributed by atoms with E-state index in [-0.39, 0.29) is 12.0 Å². The molecule has 0 atom stereocenters. The molecule has 0 radical (unpaired) electrons. The van der Waals surface area contributed by atoms with Gasteiger partial charge in [0.05, 0.1) is 11.7 Å². The smallest absolute Gasteiger partial charge is 0.254 e. The second-order valence-electron chi connectivity index (χ2n) is 5.98. The van der Waals surface area contributed by atoms with Gasteiger partial charge < -0.3 is 10.1 Å². The Morgan fingerprint density at radius 2 is 1.77 bits per heavy atom. The van der Waals surface area contributed by atoms with Gasteiger partial charge in [0.2, 0.25) is 5.88 Å². The van der Waals surface area contributed by atoms with Crippen molar-refractivity contribution >= 4 is 5.91 Å². The van der Waals surface area contributed by atoms with E-state index in [1.165, 1.54) is 12.4 Å². The monoisotopic (exact) mass is 348 g/mol. The van der Waals surface area contributed by atoms with Gasteiger partial charge in [-0.3, -0.25) is 4.79 Å². The molecule has 0 aliphatic carbocycles. The molecule has 132 valence electrons. The number of hydrogen-bond acceptors (Lipinski definition) is 5. The van der Waals surface area contributed by atoms with Crippen LogP contribution in [0.2, 0.25) is 0 Å². The van der Waals surface area contributed by atoms with Gasteiger partial charge in [-0.15, -0.1) is 0 Å². The van der Waals surface area contributed by atoms with Gasteiger partial charge in [-0.1, -0.05) is 36.4 Å². The molecule has 0 aliphatic heterocycles. The highest BCUT2D eigenvalue weighted by atomic mass is 16.5. The highest BCUT2D eigenvalue weighted by Crippen LogP contribution is 2.16. The second-order valence-corrected chi connectivity index (χ2v) is 5.98. The van der Waals surface area contributed by atoms with Gasteiger partial charge >= 0.3 is 0 Å². The van der Waals surface area contributed by atoms with E-state index in [0.717, 1.165) is 11.1 Å². The number of rotatable bonds is 6. The minimum absolute atomic E-state index is 0.0123. The molecule has 2 heterocycles. The summed E-state index contributed by atoms with van der Waals surface area (Å²) in [6.45, 7) is 4.18. The maximum Gasteiger partial charge on any atom is 0.254 e. The first-order valence-electron chi connectivity index (χ1n) is 8.39. The van der Waals surface area contributed by atoms with Gasteiger partial charge in [-0.25, -0.2) is 15.0 Å². The summed E-state index contributed by atoms with van der Waals surface area (Å²) in [6.07, 6.45) is 4.73. The average Bonchev–Trinajstić information content (AvgIpc) is 2.67. The van der Waals surface area contributed by atoms with Crippen molar-refractivity contribution in [3.63, 3.8) is 0 Å². The first-order chi connectivity index (χ1) is 12.6. The lowest BCUT2D eigenvalue weighted by Gasteiger charge is -2.13. The zero-order valence-corrected chi connectivity index (χ0v) is 14.7. The van der Waals surface area contributed by atoms with Gasteiger partial charge in [0.25, 0.3) is 5.91 Å². The van der Waals surface area contributed by atoms with Crippen LogP contribution in [0.15, 0.2) is 61.1 Å². The average molecular weight is 348 g/mol. The van der Waals surface area contributed by atoms with E-state index in [9.17, 15) is 4.79 Å². The third kappa shape index (κ3) is 4.42. The Labute approximate surface area is 152 Å². The summed E-state index contributed by atoms with van der Waals surface area (Å²) in [6, 6.07) is 13.3. The van der Waals surface area contributed by atoms with Crippen molar-refractivity contribution in [2.45, 2.75) is 26.5 Å². The SMILES string of the molecule is CC(C)Oc1ncccc1CNC(=O)c1cnc(-c2ccccc2)nc1. The molecular weight excluding hydrogens is 328 g/mol. The summed E-state index contributed by atoms with van der Waals surface area (Å²) in [7, 11) is 0. The molecule has 1 amide bonds. The standard InChI is InChI=1S/C20H20N4O2/c1-14(2)26-20-16(9-6-10-21-20)11-24-19(25)17-12-22-18(23-13-17)15-7-4-3-5-8-15/h3-10,12-14H,11H2,1-2H3,(H,24,25). The van der Waals surface area contributed by atoms with Gasteiger partial charge in [-0.05, 0) is 19.9 Å². The number of aromatic nitrogens is 3. The molecule has 0 spiro atoms. The molecule has 0 bridgehead atoms. The third-order valence-corrected chi connectivity index (χ3v) is 3.58. The number of hydrogen-bond donors (Lipinski definition) is 1. The molecule has 0 fully saturated rings. The van der Waals surface area contributed by atoms with Crippen LogP contribution in [0.4, 0.5) is 0 Å². The zero-order valence-electron chi connectivity index (χ0n) is 14.7. The lowest BCUT2D eigenvalue weighted by atomic mass is 10.2. The topological polar surface area (TPSA) is 77.0 Å². The highest BCUT2D eigenvalue weighted by Gasteiger charge is 2.11. The Hall–Kier alpha value is -3.28. The molecule has 1 aromatic carbocycles. The fraction of sp³-hybridized carbons (Fsp3) is 0.200. The lowest BCUT2D eigenvalue weighted by Crippen LogP contribution is -2.24. The van der Waals surface area contributed by atoms with E-state index in [1.54, 1.807) is 6.20 Å². The predicted octanol–water partition coefficient (Wildman–Crippen LogP) is 3.26. The Morgan fingerprint density at radius 1 is 1.04 bits per heavy atom. The van der Waals surface area contributed by atoms with Crippen LogP contribution >= 0.6 is 0 Å². The third-order valence-electron chi connectivity index (χ3n) is 3.58.